The average molecular weight is 310 g/mol. The van der Waals surface area contributed by atoms with Crippen LogP contribution < -0.4 is 5.73 Å². The maximum absolute atomic E-state index is 12.3. The molecule has 1 aliphatic heterocycles. The monoisotopic (exact) mass is 310 g/mol. The lowest BCUT2D eigenvalue weighted by atomic mass is 10.1. The Morgan fingerprint density at radius 3 is 2.71 bits per heavy atom. The summed E-state index contributed by atoms with van der Waals surface area (Å²) < 4.78 is 0. The molecule has 0 aliphatic carbocycles. The Labute approximate surface area is 128 Å². The van der Waals surface area contributed by atoms with Gasteiger partial charge in [-0.1, -0.05) is 0 Å². The minimum atomic E-state index is -0.403. The summed E-state index contributed by atoms with van der Waals surface area (Å²) in [5, 5.41) is 2.86. The van der Waals surface area contributed by atoms with Crippen LogP contribution in [0.15, 0.2) is 5.38 Å². The van der Waals surface area contributed by atoms with Crippen LogP contribution in [0.3, 0.4) is 0 Å². The summed E-state index contributed by atoms with van der Waals surface area (Å²) in [4.78, 5) is 32.1. The molecule has 0 spiro atoms. The Balaban J connectivity index is 2.01. The number of hydrogen-bond acceptors (Lipinski definition) is 5. The molecule has 116 valence electrons. The van der Waals surface area contributed by atoms with Crippen molar-refractivity contribution >= 4 is 23.2 Å². The van der Waals surface area contributed by atoms with Gasteiger partial charge in [0.05, 0.1) is 17.1 Å². The molecule has 21 heavy (non-hydrogen) atoms. The first kappa shape index (κ1) is 15.9. The van der Waals surface area contributed by atoms with E-state index < -0.39 is 6.04 Å². The van der Waals surface area contributed by atoms with Crippen LogP contribution in [0.4, 0.5) is 0 Å². The molecule has 1 fully saturated rings. The molecule has 6 nitrogen and oxygen atoms in total. The summed E-state index contributed by atoms with van der Waals surface area (Å²) in [6.07, 6.45) is 0.289. The van der Waals surface area contributed by atoms with Crippen molar-refractivity contribution in [2.24, 2.45) is 5.73 Å². The van der Waals surface area contributed by atoms with E-state index in [1.807, 2.05) is 26.2 Å². The third kappa shape index (κ3) is 3.79. The van der Waals surface area contributed by atoms with E-state index in [4.69, 9.17) is 5.73 Å². The zero-order valence-corrected chi connectivity index (χ0v) is 13.5. The minimum absolute atomic E-state index is 0.00922. The van der Waals surface area contributed by atoms with Crippen LogP contribution in [0, 0.1) is 6.92 Å². The summed E-state index contributed by atoms with van der Waals surface area (Å²) in [6.45, 7) is 7.66. The number of carbonyl (C=O) groups excluding carboxylic acids is 2. The molecular formula is C14H22N4O2S. The summed E-state index contributed by atoms with van der Waals surface area (Å²) >= 11 is 1.54. The average Bonchev–Trinajstić information content (AvgIpc) is 2.83. The predicted molar refractivity (Wildman–Crippen MR) is 82.0 cm³/mol. The van der Waals surface area contributed by atoms with E-state index in [-0.39, 0.29) is 24.3 Å². The van der Waals surface area contributed by atoms with Crippen molar-refractivity contribution in [1.29, 1.82) is 0 Å². The number of aryl methyl sites for hydroxylation is 1. The Bertz CT molecular complexity index is 529. The first-order chi connectivity index (χ1) is 9.88. The Kier molecular flexibility index (Phi) is 4.95. The second kappa shape index (κ2) is 6.53. The highest BCUT2D eigenvalue weighted by atomic mass is 32.1. The van der Waals surface area contributed by atoms with E-state index in [2.05, 4.69) is 9.88 Å². The number of nitrogens with two attached hydrogens (primary N) is 1. The van der Waals surface area contributed by atoms with Gasteiger partial charge in [-0.05, 0) is 20.8 Å². The lowest BCUT2D eigenvalue weighted by Crippen LogP contribution is -2.61. The lowest BCUT2D eigenvalue weighted by molar-refractivity contribution is -0.137. The Hall–Kier alpha value is -1.47. The van der Waals surface area contributed by atoms with Crippen LogP contribution in [0.2, 0.25) is 0 Å². The maximum atomic E-state index is 12.3. The number of nitrogens with zero attached hydrogens (tertiary/aromatic N) is 3. The van der Waals surface area contributed by atoms with Gasteiger partial charge in [0.15, 0.2) is 0 Å². The normalized spacial score (nSPS) is 20.0. The molecule has 1 aromatic heterocycles. The van der Waals surface area contributed by atoms with Crippen LogP contribution in [0.5, 0.6) is 0 Å². The van der Waals surface area contributed by atoms with E-state index in [0.29, 0.717) is 19.6 Å². The van der Waals surface area contributed by atoms with Gasteiger partial charge >= 0.3 is 0 Å². The van der Waals surface area contributed by atoms with E-state index >= 15 is 0 Å². The fourth-order valence-corrected chi connectivity index (χ4v) is 3.26. The summed E-state index contributed by atoms with van der Waals surface area (Å²) in [5.41, 5.74) is 6.28. The van der Waals surface area contributed by atoms with Gasteiger partial charge in [-0.15, -0.1) is 11.3 Å². The van der Waals surface area contributed by atoms with Gasteiger partial charge < -0.3 is 10.6 Å². The molecule has 1 aliphatic rings. The molecule has 0 saturated carbocycles. The van der Waals surface area contributed by atoms with Crippen molar-refractivity contribution in [2.45, 2.75) is 39.3 Å². The molecule has 1 atom stereocenters. The number of thiazole rings is 1. The third-order valence-corrected chi connectivity index (χ3v) is 4.59. The minimum Gasteiger partial charge on any atom is -0.368 e. The molecule has 1 saturated heterocycles. The predicted octanol–water partition coefficient (Wildman–Crippen LogP) is 0.401. The maximum Gasteiger partial charge on any atom is 0.236 e. The van der Waals surface area contributed by atoms with Crippen LogP contribution in [-0.2, 0) is 16.0 Å². The number of rotatable bonds is 4. The second-order valence-electron chi connectivity index (χ2n) is 5.62. The standard InChI is InChI=1S/C14H22N4O2S/c1-9(2)18-5-4-17(7-12(18)14(15)20)13(19)6-11-8-21-10(3)16-11/h8-9,12H,4-7H2,1-3H3,(H2,15,20)/t12-/m0/s1. The van der Waals surface area contributed by atoms with Gasteiger partial charge in [0.2, 0.25) is 11.8 Å². The number of carbonyl (C=O) groups is 2. The topological polar surface area (TPSA) is 79.5 Å². The molecule has 2 heterocycles. The molecule has 0 bridgehead atoms. The fourth-order valence-electron chi connectivity index (χ4n) is 2.65. The summed E-state index contributed by atoms with van der Waals surface area (Å²) in [5.74, 6) is -0.361. The SMILES string of the molecule is Cc1nc(CC(=O)N2CCN(C(C)C)[C@H](C(N)=O)C2)cs1. The molecule has 1 aromatic rings. The first-order valence-corrected chi connectivity index (χ1v) is 8.00. The molecule has 2 N–H and O–H groups in total. The van der Waals surface area contributed by atoms with E-state index in [1.165, 1.54) is 11.3 Å². The highest BCUT2D eigenvalue weighted by Crippen LogP contribution is 2.15. The van der Waals surface area contributed by atoms with Crippen molar-refractivity contribution in [3.8, 4) is 0 Å². The van der Waals surface area contributed by atoms with Crippen molar-refractivity contribution in [2.75, 3.05) is 19.6 Å². The van der Waals surface area contributed by atoms with Gasteiger partial charge in [-0.2, -0.15) is 0 Å². The van der Waals surface area contributed by atoms with Crippen molar-refractivity contribution in [3.63, 3.8) is 0 Å². The van der Waals surface area contributed by atoms with Gasteiger partial charge in [-0.3, -0.25) is 14.5 Å². The zero-order valence-electron chi connectivity index (χ0n) is 12.7. The third-order valence-electron chi connectivity index (χ3n) is 3.77. The molecular weight excluding hydrogens is 288 g/mol. The van der Waals surface area contributed by atoms with Crippen LogP contribution in [0.25, 0.3) is 0 Å². The van der Waals surface area contributed by atoms with Gasteiger partial charge in [-0.25, -0.2) is 4.98 Å². The Morgan fingerprint density at radius 2 is 2.19 bits per heavy atom. The van der Waals surface area contributed by atoms with E-state index in [9.17, 15) is 9.59 Å². The molecule has 2 amide bonds. The fraction of sp³-hybridized carbons (Fsp3) is 0.643. The van der Waals surface area contributed by atoms with E-state index in [0.717, 1.165) is 10.7 Å². The quantitative estimate of drug-likeness (QED) is 0.873. The number of amides is 2. The van der Waals surface area contributed by atoms with Crippen molar-refractivity contribution in [3.05, 3.63) is 16.1 Å². The van der Waals surface area contributed by atoms with Crippen molar-refractivity contribution in [1.82, 2.24) is 14.8 Å². The van der Waals surface area contributed by atoms with E-state index in [1.54, 1.807) is 4.90 Å². The largest absolute Gasteiger partial charge is 0.368 e. The molecule has 2 rings (SSSR count). The highest BCUT2D eigenvalue weighted by molar-refractivity contribution is 7.09. The Morgan fingerprint density at radius 1 is 1.48 bits per heavy atom. The molecule has 0 radical (unpaired) electrons. The number of primary amides is 1. The van der Waals surface area contributed by atoms with Crippen LogP contribution in [-0.4, -0.2) is 58.3 Å². The smallest absolute Gasteiger partial charge is 0.236 e. The van der Waals surface area contributed by atoms with Gasteiger partial charge in [0.25, 0.3) is 0 Å². The van der Waals surface area contributed by atoms with Crippen LogP contribution in [0.1, 0.15) is 24.5 Å². The van der Waals surface area contributed by atoms with Crippen molar-refractivity contribution < 1.29 is 9.59 Å². The lowest BCUT2D eigenvalue weighted by Gasteiger charge is -2.42. The number of piperazine rings is 1. The zero-order chi connectivity index (χ0) is 15.6. The number of aromatic nitrogens is 1. The first-order valence-electron chi connectivity index (χ1n) is 7.12. The summed E-state index contributed by atoms with van der Waals surface area (Å²) in [6, 6.07) is -0.166. The molecule has 7 heteroatoms. The van der Waals surface area contributed by atoms with Gasteiger partial charge in [0, 0.05) is 31.1 Å². The number of hydrogen-bond donors (Lipinski definition) is 1. The highest BCUT2D eigenvalue weighted by Gasteiger charge is 2.34. The summed E-state index contributed by atoms with van der Waals surface area (Å²) in [7, 11) is 0. The second-order valence-corrected chi connectivity index (χ2v) is 6.69. The van der Waals surface area contributed by atoms with Gasteiger partial charge in [0.1, 0.15) is 6.04 Å². The molecule has 0 unspecified atom stereocenters. The molecule has 0 aromatic carbocycles. The van der Waals surface area contributed by atoms with Crippen LogP contribution >= 0.6 is 11.3 Å².